The second kappa shape index (κ2) is 9.51. The highest BCUT2D eigenvalue weighted by Crippen LogP contribution is 2.31. The summed E-state index contributed by atoms with van der Waals surface area (Å²) in [5, 5.41) is 0. The van der Waals surface area contributed by atoms with E-state index < -0.39 is 5.97 Å². The summed E-state index contributed by atoms with van der Waals surface area (Å²) in [7, 11) is 1.60. The van der Waals surface area contributed by atoms with Crippen LogP contribution in [0.15, 0.2) is 76.4 Å². The van der Waals surface area contributed by atoms with Crippen LogP contribution in [-0.2, 0) is 22.7 Å². The van der Waals surface area contributed by atoms with Crippen molar-refractivity contribution < 1.29 is 23.1 Å². The lowest BCUT2D eigenvalue weighted by Crippen LogP contribution is -2.25. The van der Waals surface area contributed by atoms with Gasteiger partial charge in [-0.15, -0.1) is 11.3 Å². The summed E-state index contributed by atoms with van der Waals surface area (Å²) in [6.07, 6.45) is 2.69. The number of fused-ring (bicyclic) bond motifs is 1. The standard InChI is InChI=1S/C25H18FN3O5S/c1-32-19-8-4-15(5-9-19)21-10-20-23(35-21)25(31)29(14-27-20)11-22(30)33-12-18-13-34-24(28-18)16-2-6-17(26)7-3-16/h2-10,13-14H,11-12H2,1H3. The van der Waals surface area contributed by atoms with Crippen LogP contribution in [0.4, 0.5) is 4.39 Å². The second-order valence-electron chi connectivity index (χ2n) is 7.54. The van der Waals surface area contributed by atoms with Gasteiger partial charge in [-0.3, -0.25) is 14.2 Å². The molecule has 0 spiro atoms. The second-order valence-corrected chi connectivity index (χ2v) is 8.59. The fourth-order valence-corrected chi connectivity index (χ4v) is 4.46. The lowest BCUT2D eigenvalue weighted by molar-refractivity contribution is -0.145. The largest absolute Gasteiger partial charge is 0.497 e. The molecule has 176 valence electrons. The van der Waals surface area contributed by atoms with Crippen molar-refractivity contribution in [3.05, 3.63) is 89.1 Å². The average Bonchev–Trinajstić information content (AvgIpc) is 3.53. The Morgan fingerprint density at radius 1 is 1.11 bits per heavy atom. The molecule has 3 aromatic heterocycles. The predicted molar refractivity (Wildman–Crippen MR) is 128 cm³/mol. The highest BCUT2D eigenvalue weighted by Gasteiger charge is 2.14. The van der Waals surface area contributed by atoms with Crippen molar-refractivity contribution in [3.63, 3.8) is 0 Å². The number of carbonyl (C=O) groups excluding carboxylic acids is 1. The van der Waals surface area contributed by atoms with Gasteiger partial charge in [0, 0.05) is 10.4 Å². The van der Waals surface area contributed by atoms with E-state index in [9.17, 15) is 14.0 Å². The summed E-state index contributed by atoms with van der Waals surface area (Å²) in [6.45, 7) is -0.422. The van der Waals surface area contributed by atoms with E-state index in [1.165, 1.54) is 52.8 Å². The van der Waals surface area contributed by atoms with Gasteiger partial charge in [0.05, 0.1) is 19.0 Å². The number of carbonyl (C=O) groups is 1. The number of oxazole rings is 1. The van der Waals surface area contributed by atoms with Crippen LogP contribution in [0, 0.1) is 5.82 Å². The predicted octanol–water partition coefficient (Wildman–Crippen LogP) is 4.67. The molecular weight excluding hydrogens is 473 g/mol. The third-order valence-corrected chi connectivity index (χ3v) is 6.36. The smallest absolute Gasteiger partial charge is 0.326 e. The Bertz CT molecular complexity index is 1560. The normalized spacial score (nSPS) is 11.0. The van der Waals surface area contributed by atoms with Gasteiger partial charge in [-0.1, -0.05) is 0 Å². The molecule has 0 aliphatic heterocycles. The Balaban J connectivity index is 1.26. The molecule has 0 amide bonds. The zero-order valence-electron chi connectivity index (χ0n) is 18.4. The first-order valence-corrected chi connectivity index (χ1v) is 11.3. The Hall–Kier alpha value is -4.31. The molecule has 0 saturated heterocycles. The fraction of sp³-hybridized carbons (Fsp3) is 0.120. The van der Waals surface area contributed by atoms with Gasteiger partial charge in [-0.05, 0) is 60.2 Å². The number of nitrogens with zero attached hydrogens (tertiary/aromatic N) is 3. The molecule has 2 aromatic carbocycles. The summed E-state index contributed by atoms with van der Waals surface area (Å²) < 4.78 is 30.5. The third-order valence-electron chi connectivity index (χ3n) is 5.20. The van der Waals surface area contributed by atoms with E-state index in [0.29, 0.717) is 21.5 Å². The average molecular weight is 492 g/mol. The maximum atomic E-state index is 13.1. The number of benzene rings is 2. The van der Waals surface area contributed by atoms with E-state index in [1.807, 2.05) is 30.3 Å². The van der Waals surface area contributed by atoms with Crippen LogP contribution in [0.1, 0.15) is 5.69 Å². The summed E-state index contributed by atoms with van der Waals surface area (Å²) in [5.41, 5.74) is 2.16. The summed E-state index contributed by atoms with van der Waals surface area (Å²) in [4.78, 5) is 34.7. The number of esters is 1. The molecule has 0 N–H and O–H groups in total. The highest BCUT2D eigenvalue weighted by molar-refractivity contribution is 7.22. The van der Waals surface area contributed by atoms with Crippen molar-refractivity contribution in [2.75, 3.05) is 7.11 Å². The van der Waals surface area contributed by atoms with Crippen LogP contribution in [-0.4, -0.2) is 27.6 Å². The van der Waals surface area contributed by atoms with Gasteiger partial charge >= 0.3 is 5.97 Å². The zero-order valence-corrected chi connectivity index (χ0v) is 19.3. The molecule has 0 radical (unpaired) electrons. The fourth-order valence-electron chi connectivity index (χ4n) is 3.39. The number of hydrogen-bond acceptors (Lipinski definition) is 8. The van der Waals surface area contributed by atoms with Crippen LogP contribution in [0.25, 0.3) is 32.1 Å². The number of methoxy groups -OCH3 is 1. The minimum absolute atomic E-state index is 0.130. The maximum Gasteiger partial charge on any atom is 0.326 e. The molecule has 0 saturated carbocycles. The van der Waals surface area contributed by atoms with E-state index in [1.54, 1.807) is 7.11 Å². The Morgan fingerprint density at radius 2 is 1.86 bits per heavy atom. The van der Waals surface area contributed by atoms with Crippen LogP contribution in [0.3, 0.4) is 0 Å². The van der Waals surface area contributed by atoms with Gasteiger partial charge in [0.25, 0.3) is 5.56 Å². The van der Waals surface area contributed by atoms with E-state index in [0.717, 1.165) is 16.2 Å². The molecular formula is C25H18FN3O5S. The third kappa shape index (κ3) is 4.82. The number of halogens is 1. The first-order valence-electron chi connectivity index (χ1n) is 10.5. The molecule has 0 unspecified atom stereocenters. The maximum absolute atomic E-state index is 13.1. The molecule has 0 aliphatic rings. The number of hydrogen-bond donors (Lipinski definition) is 0. The summed E-state index contributed by atoms with van der Waals surface area (Å²) in [6, 6.07) is 15.0. The molecule has 8 nitrogen and oxygen atoms in total. The molecule has 0 fully saturated rings. The highest BCUT2D eigenvalue weighted by atomic mass is 32.1. The molecule has 0 atom stereocenters. The molecule has 0 bridgehead atoms. The van der Waals surface area contributed by atoms with Gasteiger partial charge in [-0.2, -0.15) is 0 Å². The van der Waals surface area contributed by atoms with Gasteiger partial charge in [0.2, 0.25) is 5.89 Å². The van der Waals surface area contributed by atoms with Crippen molar-refractivity contribution in [2.45, 2.75) is 13.2 Å². The monoisotopic (exact) mass is 491 g/mol. The molecule has 5 rings (SSSR count). The molecule has 0 aliphatic carbocycles. The molecule has 3 heterocycles. The van der Waals surface area contributed by atoms with Gasteiger partial charge < -0.3 is 13.9 Å². The van der Waals surface area contributed by atoms with Gasteiger partial charge in [-0.25, -0.2) is 14.4 Å². The first kappa shape index (κ1) is 22.5. The molecule has 35 heavy (non-hydrogen) atoms. The van der Waals surface area contributed by atoms with Crippen LogP contribution < -0.4 is 10.3 Å². The SMILES string of the molecule is COc1ccc(-c2cc3ncn(CC(=O)OCc4coc(-c5ccc(F)cc5)n4)c(=O)c3s2)cc1. The van der Waals surface area contributed by atoms with E-state index in [2.05, 4.69) is 9.97 Å². The minimum Gasteiger partial charge on any atom is -0.497 e. The Kier molecular flexibility index (Phi) is 6.11. The van der Waals surface area contributed by atoms with Crippen molar-refractivity contribution in [1.82, 2.24) is 14.5 Å². The number of rotatable bonds is 7. The van der Waals surface area contributed by atoms with E-state index in [-0.39, 0.29) is 30.4 Å². The lowest BCUT2D eigenvalue weighted by Gasteiger charge is -2.05. The molecule has 5 aromatic rings. The van der Waals surface area contributed by atoms with Crippen LogP contribution >= 0.6 is 11.3 Å². The molecule has 10 heteroatoms. The van der Waals surface area contributed by atoms with Gasteiger partial charge in [0.15, 0.2) is 0 Å². The zero-order chi connectivity index (χ0) is 24.4. The van der Waals surface area contributed by atoms with Crippen molar-refractivity contribution in [2.24, 2.45) is 0 Å². The topological polar surface area (TPSA) is 96.5 Å². The minimum atomic E-state index is -0.619. The lowest BCUT2D eigenvalue weighted by atomic mass is 10.2. The quantitative estimate of drug-likeness (QED) is 0.305. The Labute approximate surface area is 202 Å². The van der Waals surface area contributed by atoms with Crippen LogP contribution in [0.2, 0.25) is 0 Å². The summed E-state index contributed by atoms with van der Waals surface area (Å²) in [5.74, 6) is 0.0434. The number of thiophene rings is 1. The number of ether oxygens (including phenoxy) is 2. The van der Waals surface area contributed by atoms with Crippen molar-refractivity contribution >= 4 is 27.5 Å². The van der Waals surface area contributed by atoms with Gasteiger partial charge in [0.1, 0.15) is 41.4 Å². The van der Waals surface area contributed by atoms with Crippen molar-refractivity contribution in [1.29, 1.82) is 0 Å². The van der Waals surface area contributed by atoms with Crippen LogP contribution in [0.5, 0.6) is 5.75 Å². The van der Waals surface area contributed by atoms with E-state index >= 15 is 0 Å². The first-order chi connectivity index (χ1) is 17.0. The summed E-state index contributed by atoms with van der Waals surface area (Å²) >= 11 is 1.31. The Morgan fingerprint density at radius 3 is 2.60 bits per heavy atom. The van der Waals surface area contributed by atoms with Crippen molar-refractivity contribution in [3.8, 4) is 27.6 Å². The number of aromatic nitrogens is 3. The van der Waals surface area contributed by atoms with E-state index in [4.69, 9.17) is 13.9 Å².